The predicted octanol–water partition coefficient (Wildman–Crippen LogP) is 3.89. The van der Waals surface area contributed by atoms with Crippen LogP contribution in [0.5, 0.6) is 5.75 Å². The second kappa shape index (κ2) is 9.53. The minimum absolute atomic E-state index is 0.268. The lowest BCUT2D eigenvalue weighted by molar-refractivity contribution is 0.0697. The van der Waals surface area contributed by atoms with Crippen LogP contribution in [0.15, 0.2) is 72.8 Å². The molecule has 0 saturated heterocycles. The van der Waals surface area contributed by atoms with Crippen molar-refractivity contribution >= 4 is 12.0 Å². The lowest BCUT2D eigenvalue weighted by atomic mass is 10.1. The smallest absolute Gasteiger partial charge is 0.335 e. The van der Waals surface area contributed by atoms with Crippen LogP contribution in [-0.4, -0.2) is 34.3 Å². The van der Waals surface area contributed by atoms with Gasteiger partial charge in [0.2, 0.25) is 0 Å². The lowest BCUT2D eigenvalue weighted by Gasteiger charge is -2.11. The van der Waals surface area contributed by atoms with Crippen LogP contribution in [-0.2, 0) is 17.9 Å². The number of ether oxygens (including phenoxy) is 2. The Bertz CT molecular complexity index is 914. The highest BCUT2D eigenvalue weighted by Gasteiger charge is 2.04. The molecule has 1 aromatic heterocycles. The highest BCUT2D eigenvalue weighted by molar-refractivity contribution is 5.87. The first-order valence-corrected chi connectivity index (χ1v) is 8.83. The van der Waals surface area contributed by atoms with Crippen molar-refractivity contribution in [1.82, 2.24) is 9.55 Å². The van der Waals surface area contributed by atoms with Gasteiger partial charge in [0.25, 0.3) is 0 Å². The van der Waals surface area contributed by atoms with E-state index in [4.69, 9.17) is 14.6 Å². The molecule has 3 aromatic rings. The number of imidazole rings is 1. The third-order valence-electron chi connectivity index (χ3n) is 4.19. The number of aromatic carboxylic acids is 1. The Kier molecular flexibility index (Phi) is 6.59. The third-order valence-corrected chi connectivity index (χ3v) is 4.19. The van der Waals surface area contributed by atoms with E-state index in [9.17, 15) is 4.79 Å². The fraction of sp³-hybridized carbons (Fsp3) is 0.182. The van der Waals surface area contributed by atoms with Crippen LogP contribution in [0.1, 0.15) is 21.5 Å². The van der Waals surface area contributed by atoms with Gasteiger partial charge in [-0.3, -0.25) is 0 Å². The number of carbonyl (C=O) groups is 1. The molecule has 0 aliphatic heterocycles. The van der Waals surface area contributed by atoms with Crippen LogP contribution in [0.25, 0.3) is 6.08 Å². The van der Waals surface area contributed by atoms with Gasteiger partial charge in [0.1, 0.15) is 5.75 Å². The van der Waals surface area contributed by atoms with Crippen LogP contribution in [0.4, 0.5) is 0 Å². The summed E-state index contributed by atoms with van der Waals surface area (Å²) in [5, 5.41) is 9.03. The number of methoxy groups -OCH3 is 1. The van der Waals surface area contributed by atoms with E-state index in [0.29, 0.717) is 19.8 Å². The Morgan fingerprint density at radius 2 is 1.89 bits per heavy atom. The van der Waals surface area contributed by atoms with Crippen LogP contribution >= 0.6 is 0 Å². The van der Waals surface area contributed by atoms with Gasteiger partial charge in [0.15, 0.2) is 0 Å². The minimum Gasteiger partial charge on any atom is -0.497 e. The zero-order chi connectivity index (χ0) is 19.8. The van der Waals surface area contributed by atoms with Crippen molar-refractivity contribution in [3.8, 4) is 5.75 Å². The van der Waals surface area contributed by atoms with Crippen LogP contribution in [0.3, 0.4) is 0 Å². The Morgan fingerprint density at radius 3 is 2.50 bits per heavy atom. The fourth-order valence-corrected chi connectivity index (χ4v) is 2.73. The number of nitrogens with zero attached hydrogens (tertiary/aromatic N) is 2. The van der Waals surface area contributed by atoms with E-state index in [1.165, 1.54) is 0 Å². The Labute approximate surface area is 163 Å². The molecule has 1 N–H and O–H groups in total. The first kappa shape index (κ1) is 19.4. The molecule has 0 aliphatic carbocycles. The maximum absolute atomic E-state index is 11.0. The maximum Gasteiger partial charge on any atom is 0.335 e. The standard InChI is InChI=1S/C22H22N2O4/c1-27-21-8-4-18(5-9-21)14-28-15-19(13-24-11-10-23-16-24)12-17-2-6-20(7-3-17)22(25)26/h2-12,16H,13-15H2,1H3,(H,25,26)/b19-12+. The summed E-state index contributed by atoms with van der Waals surface area (Å²) in [7, 11) is 1.64. The van der Waals surface area contributed by atoms with Crippen molar-refractivity contribution in [2.24, 2.45) is 0 Å². The Hall–Kier alpha value is -3.38. The molecule has 6 heteroatoms. The van der Waals surface area contributed by atoms with Crippen molar-refractivity contribution in [3.05, 3.63) is 89.5 Å². The van der Waals surface area contributed by atoms with E-state index < -0.39 is 5.97 Å². The first-order chi connectivity index (χ1) is 13.6. The molecular weight excluding hydrogens is 356 g/mol. The molecular formula is C22H22N2O4. The van der Waals surface area contributed by atoms with Gasteiger partial charge in [0.05, 0.1) is 32.2 Å². The number of hydrogen-bond acceptors (Lipinski definition) is 4. The number of hydrogen-bond donors (Lipinski definition) is 1. The Balaban J connectivity index is 1.68. The van der Waals surface area contributed by atoms with Gasteiger partial charge in [-0.1, -0.05) is 30.3 Å². The number of carboxylic acids is 1. The van der Waals surface area contributed by atoms with Gasteiger partial charge in [-0.25, -0.2) is 9.78 Å². The molecule has 6 nitrogen and oxygen atoms in total. The fourth-order valence-electron chi connectivity index (χ4n) is 2.73. The second-order valence-corrected chi connectivity index (χ2v) is 6.31. The van der Waals surface area contributed by atoms with Crippen molar-refractivity contribution in [3.63, 3.8) is 0 Å². The summed E-state index contributed by atoms with van der Waals surface area (Å²) in [6.07, 6.45) is 7.40. The van der Waals surface area contributed by atoms with Crippen LogP contribution in [0.2, 0.25) is 0 Å². The largest absolute Gasteiger partial charge is 0.497 e. The van der Waals surface area contributed by atoms with E-state index in [-0.39, 0.29) is 5.56 Å². The molecule has 0 atom stereocenters. The summed E-state index contributed by atoms with van der Waals surface area (Å²) < 4.78 is 13.0. The van der Waals surface area contributed by atoms with E-state index in [0.717, 1.165) is 22.4 Å². The molecule has 144 valence electrons. The van der Waals surface area contributed by atoms with Gasteiger partial charge >= 0.3 is 5.97 Å². The Morgan fingerprint density at radius 1 is 1.14 bits per heavy atom. The number of carboxylic acid groups (broad SMARTS) is 1. The normalized spacial score (nSPS) is 11.4. The molecule has 0 fully saturated rings. The lowest BCUT2D eigenvalue weighted by Crippen LogP contribution is -2.06. The van der Waals surface area contributed by atoms with Gasteiger partial charge in [-0.15, -0.1) is 0 Å². The molecule has 0 unspecified atom stereocenters. The highest BCUT2D eigenvalue weighted by Crippen LogP contribution is 2.14. The molecule has 0 saturated carbocycles. The molecule has 0 bridgehead atoms. The van der Waals surface area contributed by atoms with E-state index in [1.807, 2.05) is 41.1 Å². The van der Waals surface area contributed by atoms with Crippen LogP contribution in [0, 0.1) is 0 Å². The SMILES string of the molecule is COc1ccc(COC/C(=C/c2ccc(C(=O)O)cc2)Cn2ccnc2)cc1. The van der Waals surface area contributed by atoms with Crippen molar-refractivity contribution in [2.45, 2.75) is 13.2 Å². The van der Waals surface area contributed by atoms with Gasteiger partial charge in [-0.2, -0.15) is 0 Å². The van der Waals surface area contributed by atoms with E-state index in [2.05, 4.69) is 4.98 Å². The van der Waals surface area contributed by atoms with E-state index in [1.54, 1.807) is 43.9 Å². The zero-order valence-corrected chi connectivity index (χ0v) is 15.6. The molecule has 3 rings (SSSR count). The summed E-state index contributed by atoms with van der Waals surface area (Å²) >= 11 is 0. The van der Waals surface area contributed by atoms with Gasteiger partial charge in [-0.05, 0) is 41.0 Å². The third kappa shape index (κ3) is 5.56. The molecule has 0 amide bonds. The summed E-state index contributed by atoms with van der Waals surface area (Å²) in [4.78, 5) is 15.1. The number of benzene rings is 2. The predicted molar refractivity (Wildman–Crippen MR) is 106 cm³/mol. The highest BCUT2D eigenvalue weighted by atomic mass is 16.5. The maximum atomic E-state index is 11.0. The summed E-state index contributed by atoms with van der Waals surface area (Å²) in [5.41, 5.74) is 3.31. The minimum atomic E-state index is -0.933. The molecule has 0 aliphatic rings. The average molecular weight is 378 g/mol. The summed E-state index contributed by atoms with van der Waals surface area (Å²) in [6, 6.07) is 14.5. The summed E-state index contributed by atoms with van der Waals surface area (Å²) in [5.74, 6) is -0.119. The molecule has 28 heavy (non-hydrogen) atoms. The molecule has 2 aromatic carbocycles. The van der Waals surface area contributed by atoms with Crippen molar-refractivity contribution < 1.29 is 19.4 Å². The topological polar surface area (TPSA) is 73.6 Å². The quantitative estimate of drug-likeness (QED) is 0.611. The zero-order valence-electron chi connectivity index (χ0n) is 15.6. The summed E-state index contributed by atoms with van der Waals surface area (Å²) in [6.45, 7) is 1.58. The van der Waals surface area contributed by atoms with Crippen molar-refractivity contribution in [2.75, 3.05) is 13.7 Å². The molecule has 1 heterocycles. The van der Waals surface area contributed by atoms with Gasteiger partial charge in [0, 0.05) is 18.9 Å². The van der Waals surface area contributed by atoms with Crippen LogP contribution < -0.4 is 4.74 Å². The number of rotatable bonds is 9. The van der Waals surface area contributed by atoms with Crippen molar-refractivity contribution in [1.29, 1.82) is 0 Å². The van der Waals surface area contributed by atoms with Gasteiger partial charge < -0.3 is 19.1 Å². The molecule has 0 radical (unpaired) electrons. The average Bonchev–Trinajstić information content (AvgIpc) is 3.22. The van der Waals surface area contributed by atoms with E-state index >= 15 is 0 Å². The number of aromatic nitrogens is 2. The monoisotopic (exact) mass is 378 g/mol. The first-order valence-electron chi connectivity index (χ1n) is 8.83. The molecule has 0 spiro atoms. The second-order valence-electron chi connectivity index (χ2n) is 6.31.